The lowest BCUT2D eigenvalue weighted by molar-refractivity contribution is -0.136. The van der Waals surface area contributed by atoms with E-state index in [2.05, 4.69) is 27.7 Å². The number of hydrogen-bond acceptors (Lipinski definition) is 1. The van der Waals surface area contributed by atoms with Gasteiger partial charge in [-0.05, 0) is 0 Å². The van der Waals surface area contributed by atoms with E-state index in [4.69, 9.17) is 5.11 Å². The Balaban J connectivity index is 0. The van der Waals surface area contributed by atoms with Crippen molar-refractivity contribution in [2.45, 2.75) is 51.6 Å². The van der Waals surface area contributed by atoms with E-state index in [1.165, 1.54) is 10.6 Å². The van der Waals surface area contributed by atoms with Crippen LogP contribution in [-0.4, -0.2) is 26.3 Å². The highest BCUT2D eigenvalue weighted by molar-refractivity contribution is 6.35. The van der Waals surface area contributed by atoms with Gasteiger partial charge in [0, 0.05) is 6.42 Å². The molecule has 2 nitrogen and oxygen atoms in total. The van der Waals surface area contributed by atoms with Gasteiger partial charge in [0.1, 0.15) is 0 Å². The maximum atomic E-state index is 9.37. The van der Waals surface area contributed by atoms with E-state index in [0.29, 0.717) is 0 Å². The number of hydrogen-bond donors (Lipinski definition) is 1. The third-order valence-corrected chi connectivity index (χ3v) is 4.13. The zero-order valence-electron chi connectivity index (χ0n) is 10.2. The van der Waals surface area contributed by atoms with E-state index in [-0.39, 0.29) is 6.42 Å². The fourth-order valence-electron chi connectivity index (χ4n) is 0.763. The average Bonchev–Trinajstić information content (AvgIpc) is 2.04. The molecule has 0 atom stereocenters. The molecule has 14 heavy (non-hydrogen) atoms. The normalized spacial score (nSPS) is 9.64. The van der Waals surface area contributed by atoms with E-state index < -0.39 is 5.97 Å². The first-order valence-electron chi connectivity index (χ1n) is 5.43. The zero-order chi connectivity index (χ0) is 11.6. The van der Waals surface area contributed by atoms with Crippen LogP contribution in [0.2, 0.25) is 10.6 Å². The summed E-state index contributed by atoms with van der Waals surface area (Å²) in [5.41, 5.74) is 0. The first kappa shape index (κ1) is 16.4. The summed E-state index contributed by atoms with van der Waals surface area (Å²) >= 11 is 0.755. The minimum Gasteiger partial charge on any atom is -0.481 e. The zero-order valence-corrected chi connectivity index (χ0v) is 11.4. The fraction of sp³-hybridized carbons (Fsp3) is 0.909. The van der Waals surface area contributed by atoms with Crippen LogP contribution >= 0.6 is 0 Å². The van der Waals surface area contributed by atoms with E-state index in [0.717, 1.165) is 27.1 Å². The van der Waals surface area contributed by atoms with Gasteiger partial charge >= 0.3 is 5.97 Å². The molecule has 0 amide bonds. The number of carboxylic acids is 1. The molecular weight excluding hydrogens is 191 g/mol. The molecule has 0 aliphatic rings. The van der Waals surface area contributed by atoms with E-state index in [1.54, 1.807) is 6.92 Å². The predicted octanol–water partition coefficient (Wildman–Crippen LogP) is 3.32. The monoisotopic (exact) mass is 215 g/mol. The van der Waals surface area contributed by atoms with Crippen molar-refractivity contribution in [3.63, 3.8) is 0 Å². The molecule has 0 aliphatic carbocycles. The number of aliphatic carboxylic acids is 1. The van der Waals surface area contributed by atoms with Crippen molar-refractivity contribution >= 4 is 21.2 Å². The van der Waals surface area contributed by atoms with Crippen molar-refractivity contribution in [2.75, 3.05) is 0 Å². The second-order valence-electron chi connectivity index (χ2n) is 4.30. The van der Waals surface area contributed by atoms with Crippen molar-refractivity contribution in [1.82, 2.24) is 0 Å². The van der Waals surface area contributed by atoms with Crippen molar-refractivity contribution in [1.29, 1.82) is 0 Å². The Morgan fingerprint density at radius 3 is 1.57 bits per heavy atom. The van der Waals surface area contributed by atoms with E-state index in [9.17, 15) is 4.79 Å². The number of rotatable bonds is 5. The summed E-state index contributed by atoms with van der Waals surface area (Å²) in [6, 6.07) is 0. The van der Waals surface area contributed by atoms with E-state index in [1.807, 2.05) is 0 Å². The third-order valence-electron chi connectivity index (χ3n) is 1.58. The molecule has 0 saturated heterocycles. The van der Waals surface area contributed by atoms with Crippen LogP contribution in [-0.2, 0) is 4.79 Å². The van der Waals surface area contributed by atoms with Crippen LogP contribution in [0.15, 0.2) is 0 Å². The molecule has 0 saturated carbocycles. The Labute approximate surface area is 94.8 Å². The summed E-state index contributed by atoms with van der Waals surface area (Å²) in [5, 5.41) is 10.7. The highest BCUT2D eigenvalue weighted by Crippen LogP contribution is 2.05. The average molecular weight is 215 g/mol. The quantitative estimate of drug-likeness (QED) is 0.714. The molecule has 0 heterocycles. The van der Waals surface area contributed by atoms with Crippen LogP contribution < -0.4 is 0 Å². The lowest BCUT2D eigenvalue weighted by atomic mass is 10.3. The molecule has 0 bridgehead atoms. The van der Waals surface area contributed by atoms with Gasteiger partial charge in [0.05, 0.1) is 0 Å². The lowest BCUT2D eigenvalue weighted by Crippen LogP contribution is -1.99. The topological polar surface area (TPSA) is 37.3 Å². The maximum absolute atomic E-state index is 9.37. The summed E-state index contributed by atoms with van der Waals surface area (Å²) < 4.78 is 0. The second kappa shape index (κ2) is 11.1. The second-order valence-corrected chi connectivity index (χ2v) is 5.82. The van der Waals surface area contributed by atoms with Gasteiger partial charge < -0.3 is 5.11 Å². The predicted molar refractivity (Wildman–Crippen MR) is 63.0 cm³/mol. The third kappa shape index (κ3) is 22.7. The Bertz CT molecular complexity index is 125. The Kier molecular flexibility index (Phi) is 13.0. The summed E-state index contributed by atoms with van der Waals surface area (Å²) in [5.74, 6) is 1.11. The van der Waals surface area contributed by atoms with Crippen molar-refractivity contribution in [3.05, 3.63) is 0 Å². The molecule has 0 spiro atoms. The van der Waals surface area contributed by atoms with E-state index >= 15 is 0 Å². The molecule has 83 valence electrons. The lowest BCUT2D eigenvalue weighted by Gasteiger charge is -2.03. The summed E-state index contributed by atoms with van der Waals surface area (Å²) in [4.78, 5) is 9.37. The van der Waals surface area contributed by atoms with Gasteiger partial charge in [-0.3, -0.25) is 4.79 Å². The molecule has 0 fully saturated rings. The van der Waals surface area contributed by atoms with Crippen molar-refractivity contribution in [2.24, 2.45) is 11.8 Å². The number of carbonyl (C=O) groups is 1. The Morgan fingerprint density at radius 2 is 1.43 bits per heavy atom. The maximum Gasteiger partial charge on any atom is 0.303 e. The van der Waals surface area contributed by atoms with Gasteiger partial charge in [0.2, 0.25) is 15.2 Å². The van der Waals surface area contributed by atoms with Gasteiger partial charge in [0.25, 0.3) is 0 Å². The van der Waals surface area contributed by atoms with Gasteiger partial charge in [-0.25, -0.2) is 0 Å². The minimum atomic E-state index is -0.745. The minimum absolute atomic E-state index is 0.222. The first-order chi connectivity index (χ1) is 6.40. The highest BCUT2D eigenvalue weighted by Gasteiger charge is 1.98. The molecule has 0 aliphatic heterocycles. The van der Waals surface area contributed by atoms with Gasteiger partial charge in [-0.1, -0.05) is 46.5 Å². The standard InChI is InChI=1S/2C4H9.C3H6O2.Al/c2*1-4(2)3;1-2-3(4)5;/h2*4H,1H2,2-3H3;2H2,1H3,(H,4,5);. The molecule has 0 unspecified atom stereocenters. The molecule has 0 aromatic rings. The fourth-order valence-corrected chi connectivity index (χ4v) is 2.29. The first-order valence-corrected chi connectivity index (χ1v) is 7.06. The Hall–Kier alpha value is 0.00247. The molecular formula is C11H24AlO2. The molecule has 0 rings (SSSR count). The van der Waals surface area contributed by atoms with Gasteiger partial charge in [0.15, 0.2) is 0 Å². The molecule has 1 N–H and O–H groups in total. The molecule has 0 aromatic heterocycles. The SMILES string of the molecule is CC(C)[CH2][Al][CH2]C(C)C.CCC(=O)O. The van der Waals surface area contributed by atoms with Crippen molar-refractivity contribution in [3.8, 4) is 0 Å². The van der Waals surface area contributed by atoms with Gasteiger partial charge in [-0.15, -0.1) is 10.6 Å². The van der Waals surface area contributed by atoms with Gasteiger partial charge in [-0.2, -0.15) is 0 Å². The highest BCUT2D eigenvalue weighted by atomic mass is 27.1. The van der Waals surface area contributed by atoms with Crippen LogP contribution in [0.1, 0.15) is 41.0 Å². The number of carboxylic acid groups (broad SMARTS) is 1. The Morgan fingerprint density at radius 1 is 1.14 bits per heavy atom. The van der Waals surface area contributed by atoms with Crippen molar-refractivity contribution < 1.29 is 9.90 Å². The molecule has 3 heteroatoms. The van der Waals surface area contributed by atoms with Crippen LogP contribution in [0.5, 0.6) is 0 Å². The summed E-state index contributed by atoms with van der Waals surface area (Å²) in [7, 11) is 0. The summed E-state index contributed by atoms with van der Waals surface area (Å²) in [6.45, 7) is 10.9. The largest absolute Gasteiger partial charge is 0.481 e. The van der Waals surface area contributed by atoms with Crippen LogP contribution in [0.3, 0.4) is 0 Å². The molecule has 0 aromatic carbocycles. The van der Waals surface area contributed by atoms with Crippen LogP contribution in [0.25, 0.3) is 0 Å². The molecule has 1 radical (unpaired) electrons. The van der Waals surface area contributed by atoms with Crippen LogP contribution in [0, 0.1) is 11.8 Å². The van der Waals surface area contributed by atoms with Crippen LogP contribution in [0.4, 0.5) is 0 Å². The smallest absolute Gasteiger partial charge is 0.303 e. The summed E-state index contributed by atoms with van der Waals surface area (Å²) in [6.07, 6.45) is 0.222.